The maximum absolute atomic E-state index is 9.79. The molecule has 0 unspecified atom stereocenters. The molecule has 0 saturated heterocycles. The Hall–Kier alpha value is -0.640. The summed E-state index contributed by atoms with van der Waals surface area (Å²) < 4.78 is 0. The van der Waals surface area contributed by atoms with Gasteiger partial charge in [-0.3, -0.25) is 10.1 Å². The van der Waals surface area contributed by atoms with Crippen molar-refractivity contribution in [1.82, 2.24) is 0 Å². The zero-order chi connectivity index (χ0) is 7.82. The van der Waals surface area contributed by atoms with Crippen LogP contribution in [-0.4, -0.2) is 23.2 Å². The quantitative estimate of drug-likeness (QED) is 0.343. The monoisotopic (exact) mass is 147 g/mol. The highest BCUT2D eigenvalue weighted by molar-refractivity contribution is 4.40. The van der Waals surface area contributed by atoms with Gasteiger partial charge >= 0.3 is 0 Å². The maximum atomic E-state index is 9.79. The predicted octanol–water partition coefficient (Wildman–Crippen LogP) is 0.816. The first kappa shape index (κ1) is 9.36. The molecule has 0 aliphatic heterocycles. The average Bonchev–Trinajstić information content (AvgIpc) is 1.87. The maximum Gasteiger partial charge on any atom is 0.203 e. The molecule has 0 aliphatic rings. The zero-order valence-electron chi connectivity index (χ0n) is 5.95. The van der Waals surface area contributed by atoms with E-state index in [0.717, 1.165) is 19.3 Å². The highest BCUT2D eigenvalue weighted by Gasteiger charge is 1.95. The van der Waals surface area contributed by atoms with Crippen LogP contribution < -0.4 is 0 Å². The molecule has 60 valence electrons. The number of nitrogens with zero attached hydrogens (tertiary/aromatic N) is 1. The summed E-state index contributed by atoms with van der Waals surface area (Å²) in [5, 5.41) is 18.1. The van der Waals surface area contributed by atoms with E-state index in [2.05, 4.69) is 0 Å². The van der Waals surface area contributed by atoms with Crippen LogP contribution in [0.4, 0.5) is 0 Å². The van der Waals surface area contributed by atoms with Crippen molar-refractivity contribution in [2.45, 2.75) is 25.7 Å². The van der Waals surface area contributed by atoms with Crippen LogP contribution in [0.3, 0.4) is 0 Å². The van der Waals surface area contributed by atoms with Crippen LogP contribution in [0.2, 0.25) is 0 Å². The Bertz CT molecular complexity index is 95.0. The third-order valence-electron chi connectivity index (χ3n) is 1.25. The Balaban J connectivity index is 2.84. The number of hydrogen-bond acceptors (Lipinski definition) is 3. The molecule has 4 nitrogen and oxygen atoms in total. The van der Waals surface area contributed by atoms with Crippen molar-refractivity contribution in [3.05, 3.63) is 10.1 Å². The highest BCUT2D eigenvalue weighted by Crippen LogP contribution is 1.98. The molecule has 0 rings (SSSR count). The summed E-state index contributed by atoms with van der Waals surface area (Å²) in [7, 11) is 0. The second kappa shape index (κ2) is 6.48. The van der Waals surface area contributed by atoms with E-state index in [0.29, 0.717) is 6.42 Å². The zero-order valence-corrected chi connectivity index (χ0v) is 5.95. The lowest BCUT2D eigenvalue weighted by Gasteiger charge is -1.93. The molecule has 0 radical (unpaired) electrons. The first-order chi connectivity index (χ1) is 4.77. The Kier molecular flexibility index (Phi) is 6.06. The summed E-state index contributed by atoms with van der Waals surface area (Å²) in [6, 6.07) is 0. The van der Waals surface area contributed by atoms with Crippen LogP contribution in [0.1, 0.15) is 25.7 Å². The lowest BCUT2D eigenvalue weighted by Crippen LogP contribution is -1.99. The van der Waals surface area contributed by atoms with Crippen LogP contribution in [0.15, 0.2) is 0 Å². The van der Waals surface area contributed by atoms with Gasteiger partial charge in [-0.1, -0.05) is 6.42 Å². The first-order valence-electron chi connectivity index (χ1n) is 3.50. The number of aliphatic hydroxyl groups is 1. The number of rotatable bonds is 6. The summed E-state index contributed by atoms with van der Waals surface area (Å²) >= 11 is 0. The lowest BCUT2D eigenvalue weighted by molar-refractivity contribution is -0.480. The molecular formula is C6H13NO3. The molecular weight excluding hydrogens is 134 g/mol. The molecule has 0 heterocycles. The number of unbranched alkanes of at least 4 members (excludes halogenated alkanes) is 3. The van der Waals surface area contributed by atoms with Gasteiger partial charge in [0.15, 0.2) is 0 Å². The van der Waals surface area contributed by atoms with E-state index in [-0.39, 0.29) is 18.1 Å². The van der Waals surface area contributed by atoms with Crippen LogP contribution >= 0.6 is 0 Å². The lowest BCUT2D eigenvalue weighted by atomic mass is 10.2. The van der Waals surface area contributed by atoms with E-state index < -0.39 is 0 Å². The van der Waals surface area contributed by atoms with E-state index in [1.807, 2.05) is 0 Å². The molecule has 1 N–H and O–H groups in total. The Morgan fingerprint density at radius 2 is 1.80 bits per heavy atom. The summed E-state index contributed by atoms with van der Waals surface area (Å²) in [5.41, 5.74) is 0. The predicted molar refractivity (Wildman–Crippen MR) is 37.4 cm³/mol. The summed E-state index contributed by atoms with van der Waals surface area (Å²) in [6.45, 7) is 0.254. The second-order valence-electron chi connectivity index (χ2n) is 2.19. The van der Waals surface area contributed by atoms with Gasteiger partial charge in [-0.15, -0.1) is 0 Å². The van der Waals surface area contributed by atoms with Gasteiger partial charge in [0.25, 0.3) is 0 Å². The first-order valence-corrected chi connectivity index (χ1v) is 3.50. The van der Waals surface area contributed by atoms with Crippen molar-refractivity contribution in [2.75, 3.05) is 13.2 Å². The molecule has 10 heavy (non-hydrogen) atoms. The molecule has 0 aromatic heterocycles. The van der Waals surface area contributed by atoms with E-state index in [1.54, 1.807) is 0 Å². The van der Waals surface area contributed by atoms with Crippen LogP contribution in [0.25, 0.3) is 0 Å². The van der Waals surface area contributed by atoms with Gasteiger partial charge in [-0.05, 0) is 12.8 Å². The van der Waals surface area contributed by atoms with Crippen molar-refractivity contribution in [2.24, 2.45) is 0 Å². The van der Waals surface area contributed by atoms with Crippen LogP contribution in [0.5, 0.6) is 0 Å². The highest BCUT2D eigenvalue weighted by atomic mass is 16.6. The normalized spacial score (nSPS) is 9.70. The molecule has 0 aliphatic carbocycles. The molecule has 0 aromatic carbocycles. The second-order valence-corrected chi connectivity index (χ2v) is 2.19. The fourth-order valence-corrected chi connectivity index (χ4v) is 0.706. The third kappa shape index (κ3) is 7.36. The van der Waals surface area contributed by atoms with Crippen molar-refractivity contribution >= 4 is 0 Å². The van der Waals surface area contributed by atoms with Gasteiger partial charge < -0.3 is 5.11 Å². The van der Waals surface area contributed by atoms with Gasteiger partial charge in [0.1, 0.15) is 0 Å². The van der Waals surface area contributed by atoms with Gasteiger partial charge in [0.2, 0.25) is 6.54 Å². The molecule has 0 fully saturated rings. The standard InChI is InChI=1S/C6H13NO3/c8-6-4-2-1-3-5-7(9)10/h8H,1-6H2. The summed E-state index contributed by atoms with van der Waals surface area (Å²) in [4.78, 5) is 9.48. The molecule has 0 aromatic rings. The molecule has 0 atom stereocenters. The van der Waals surface area contributed by atoms with Gasteiger partial charge in [-0.2, -0.15) is 0 Å². The van der Waals surface area contributed by atoms with Crippen LogP contribution in [0, 0.1) is 10.1 Å². The molecule has 0 saturated carbocycles. The summed E-state index contributed by atoms with van der Waals surface area (Å²) in [5.74, 6) is 0. The topological polar surface area (TPSA) is 63.4 Å². The van der Waals surface area contributed by atoms with Crippen molar-refractivity contribution in [1.29, 1.82) is 0 Å². The fraction of sp³-hybridized carbons (Fsp3) is 1.00. The van der Waals surface area contributed by atoms with Crippen LogP contribution in [-0.2, 0) is 0 Å². The van der Waals surface area contributed by atoms with Gasteiger partial charge in [-0.25, -0.2) is 0 Å². The van der Waals surface area contributed by atoms with Gasteiger partial charge in [0.05, 0.1) is 0 Å². The minimum atomic E-state index is -0.307. The minimum absolute atomic E-state index is 0.0609. The van der Waals surface area contributed by atoms with E-state index in [9.17, 15) is 10.1 Å². The van der Waals surface area contributed by atoms with E-state index in [1.165, 1.54) is 0 Å². The van der Waals surface area contributed by atoms with Crippen molar-refractivity contribution in [3.63, 3.8) is 0 Å². The fourth-order valence-electron chi connectivity index (χ4n) is 0.706. The Morgan fingerprint density at radius 1 is 1.20 bits per heavy atom. The van der Waals surface area contributed by atoms with E-state index in [4.69, 9.17) is 5.11 Å². The molecule has 4 heteroatoms. The van der Waals surface area contributed by atoms with Crippen molar-refractivity contribution < 1.29 is 10.0 Å². The SMILES string of the molecule is O=[N+]([O-])CCCCCCO. The number of nitro groups is 1. The molecule has 0 spiro atoms. The van der Waals surface area contributed by atoms with E-state index >= 15 is 0 Å². The smallest absolute Gasteiger partial charge is 0.203 e. The minimum Gasteiger partial charge on any atom is -0.396 e. The third-order valence-corrected chi connectivity index (χ3v) is 1.25. The largest absolute Gasteiger partial charge is 0.396 e. The summed E-state index contributed by atoms with van der Waals surface area (Å²) in [6.07, 6.45) is 3.14. The van der Waals surface area contributed by atoms with Gasteiger partial charge in [0, 0.05) is 18.0 Å². The Labute approximate surface area is 60.0 Å². The average molecular weight is 147 g/mol. The Morgan fingerprint density at radius 3 is 2.30 bits per heavy atom. The number of hydrogen-bond donors (Lipinski definition) is 1. The van der Waals surface area contributed by atoms with Crippen molar-refractivity contribution in [3.8, 4) is 0 Å². The molecule has 0 amide bonds. The molecule has 0 bridgehead atoms. The number of aliphatic hydroxyl groups excluding tert-OH is 1.